The summed E-state index contributed by atoms with van der Waals surface area (Å²) in [6, 6.07) is 12.0. The van der Waals surface area contributed by atoms with Crippen molar-refractivity contribution in [3.05, 3.63) is 58.7 Å². The maximum absolute atomic E-state index is 12.9. The Kier molecular flexibility index (Phi) is 4.21. The van der Waals surface area contributed by atoms with Crippen LogP contribution in [0.3, 0.4) is 0 Å². The second-order valence-corrected chi connectivity index (χ2v) is 4.35. The smallest absolute Gasteiger partial charge is 0.417 e. The van der Waals surface area contributed by atoms with Gasteiger partial charge in [0.2, 0.25) is 0 Å². The van der Waals surface area contributed by atoms with Crippen LogP contribution in [0.15, 0.2) is 36.4 Å². The monoisotopic (exact) mass is 313 g/mol. The van der Waals surface area contributed by atoms with Crippen molar-refractivity contribution in [2.45, 2.75) is 6.18 Å². The molecular formula is C16H6F3N3O. The minimum Gasteiger partial charge on any atom is -0.457 e. The Morgan fingerprint density at radius 2 is 1.26 bits per heavy atom. The van der Waals surface area contributed by atoms with Crippen LogP contribution in [0.25, 0.3) is 0 Å². The van der Waals surface area contributed by atoms with Gasteiger partial charge in [0.1, 0.15) is 23.6 Å². The number of hydrogen-bond acceptors (Lipinski definition) is 4. The first kappa shape index (κ1) is 15.9. The second kappa shape index (κ2) is 6.09. The lowest BCUT2D eigenvalue weighted by Crippen LogP contribution is -2.07. The summed E-state index contributed by atoms with van der Waals surface area (Å²) in [7, 11) is 0. The van der Waals surface area contributed by atoms with Crippen molar-refractivity contribution in [2.75, 3.05) is 0 Å². The molecule has 0 fully saturated rings. The second-order valence-electron chi connectivity index (χ2n) is 4.35. The zero-order chi connectivity index (χ0) is 17.0. The molecule has 2 aromatic rings. The number of nitrogens with zero attached hydrogens (tertiary/aromatic N) is 3. The van der Waals surface area contributed by atoms with Gasteiger partial charge < -0.3 is 4.74 Å². The third-order valence-corrected chi connectivity index (χ3v) is 2.88. The zero-order valence-electron chi connectivity index (χ0n) is 11.3. The van der Waals surface area contributed by atoms with Gasteiger partial charge in [-0.1, -0.05) is 0 Å². The van der Waals surface area contributed by atoms with Gasteiger partial charge in [-0.15, -0.1) is 0 Å². The predicted octanol–water partition coefficient (Wildman–Crippen LogP) is 4.11. The minimum atomic E-state index is -4.69. The van der Waals surface area contributed by atoms with Crippen LogP contribution in [-0.4, -0.2) is 0 Å². The third kappa shape index (κ3) is 3.40. The van der Waals surface area contributed by atoms with E-state index in [2.05, 4.69) is 0 Å². The van der Waals surface area contributed by atoms with Gasteiger partial charge >= 0.3 is 6.18 Å². The maximum atomic E-state index is 12.9. The number of hydrogen-bond donors (Lipinski definition) is 0. The van der Waals surface area contributed by atoms with E-state index in [0.717, 1.165) is 6.07 Å². The van der Waals surface area contributed by atoms with Gasteiger partial charge in [0.05, 0.1) is 28.3 Å². The normalized spacial score (nSPS) is 10.3. The molecule has 0 saturated carbocycles. The summed E-state index contributed by atoms with van der Waals surface area (Å²) in [5.74, 6) is -0.0247. The van der Waals surface area contributed by atoms with E-state index < -0.39 is 17.3 Å². The first-order valence-corrected chi connectivity index (χ1v) is 6.12. The Labute approximate surface area is 129 Å². The Bertz CT molecular complexity index is 883. The molecule has 7 heteroatoms. The van der Waals surface area contributed by atoms with Crippen LogP contribution in [0.4, 0.5) is 13.2 Å². The molecule has 4 nitrogen and oxygen atoms in total. The van der Waals surface area contributed by atoms with E-state index in [1.165, 1.54) is 30.3 Å². The Morgan fingerprint density at radius 3 is 1.78 bits per heavy atom. The highest BCUT2D eigenvalue weighted by Crippen LogP contribution is 2.35. The number of alkyl halides is 3. The number of rotatable bonds is 2. The highest BCUT2D eigenvalue weighted by Gasteiger charge is 2.34. The molecular weight excluding hydrogens is 307 g/mol. The van der Waals surface area contributed by atoms with E-state index >= 15 is 0 Å². The molecule has 0 aliphatic carbocycles. The standard InChI is InChI=1S/C16H6F3N3O/c17-16(18,19)15-6-14(4-2-11(15)8-21)23-13-3-1-10(7-20)12(5-13)9-22/h1-6H. The van der Waals surface area contributed by atoms with E-state index in [4.69, 9.17) is 20.5 Å². The van der Waals surface area contributed by atoms with Crippen LogP contribution in [0.5, 0.6) is 11.5 Å². The molecule has 0 heterocycles. The fraction of sp³-hybridized carbons (Fsp3) is 0.0625. The third-order valence-electron chi connectivity index (χ3n) is 2.88. The van der Waals surface area contributed by atoms with E-state index in [1.807, 2.05) is 6.07 Å². The Hall–Kier alpha value is -3.50. The lowest BCUT2D eigenvalue weighted by atomic mass is 10.1. The summed E-state index contributed by atoms with van der Waals surface area (Å²) in [5, 5.41) is 26.5. The van der Waals surface area contributed by atoms with Crippen molar-refractivity contribution in [1.82, 2.24) is 0 Å². The molecule has 0 unspecified atom stereocenters. The van der Waals surface area contributed by atoms with Crippen LogP contribution in [0, 0.1) is 34.0 Å². The molecule has 2 rings (SSSR count). The van der Waals surface area contributed by atoms with Crippen LogP contribution in [0.2, 0.25) is 0 Å². The lowest BCUT2D eigenvalue weighted by Gasteiger charge is -2.12. The van der Waals surface area contributed by atoms with Crippen molar-refractivity contribution in [2.24, 2.45) is 0 Å². The average Bonchev–Trinajstić information content (AvgIpc) is 2.53. The fourth-order valence-electron chi connectivity index (χ4n) is 1.83. The molecule has 0 aliphatic rings. The zero-order valence-corrected chi connectivity index (χ0v) is 11.3. The van der Waals surface area contributed by atoms with Gasteiger partial charge in [0, 0.05) is 0 Å². The molecule has 0 bridgehead atoms. The molecule has 0 saturated heterocycles. The number of nitriles is 3. The number of benzene rings is 2. The molecule has 0 aromatic heterocycles. The van der Waals surface area contributed by atoms with Crippen molar-refractivity contribution in [3.8, 4) is 29.7 Å². The fourth-order valence-corrected chi connectivity index (χ4v) is 1.83. The maximum Gasteiger partial charge on any atom is 0.417 e. The number of halogens is 3. The number of ether oxygens (including phenoxy) is 1. The molecule has 0 spiro atoms. The summed E-state index contributed by atoms with van der Waals surface area (Å²) < 4.78 is 43.9. The average molecular weight is 313 g/mol. The summed E-state index contributed by atoms with van der Waals surface area (Å²) in [4.78, 5) is 0. The largest absolute Gasteiger partial charge is 0.457 e. The summed E-state index contributed by atoms with van der Waals surface area (Å²) in [5.41, 5.74) is -1.43. The van der Waals surface area contributed by atoms with Crippen LogP contribution < -0.4 is 4.74 Å². The molecule has 0 N–H and O–H groups in total. The van der Waals surface area contributed by atoms with Gasteiger partial charge in [-0.3, -0.25) is 0 Å². The van der Waals surface area contributed by atoms with Gasteiger partial charge in [0.25, 0.3) is 0 Å². The quantitative estimate of drug-likeness (QED) is 0.835. The minimum absolute atomic E-state index is 0.0506. The highest BCUT2D eigenvalue weighted by molar-refractivity contribution is 5.51. The Morgan fingerprint density at radius 1 is 0.739 bits per heavy atom. The molecule has 112 valence electrons. The summed E-state index contributed by atoms with van der Waals surface area (Å²) in [6.07, 6.45) is -4.69. The summed E-state index contributed by atoms with van der Waals surface area (Å²) >= 11 is 0. The molecule has 2 aromatic carbocycles. The molecule has 0 radical (unpaired) electrons. The van der Waals surface area contributed by atoms with Gasteiger partial charge in [-0.05, 0) is 36.4 Å². The van der Waals surface area contributed by atoms with Crippen molar-refractivity contribution in [1.29, 1.82) is 15.8 Å². The van der Waals surface area contributed by atoms with E-state index in [0.29, 0.717) is 6.07 Å². The van der Waals surface area contributed by atoms with Crippen molar-refractivity contribution >= 4 is 0 Å². The molecule has 0 aliphatic heterocycles. The molecule has 23 heavy (non-hydrogen) atoms. The van der Waals surface area contributed by atoms with Crippen molar-refractivity contribution < 1.29 is 17.9 Å². The molecule has 0 amide bonds. The van der Waals surface area contributed by atoms with Crippen molar-refractivity contribution in [3.63, 3.8) is 0 Å². The van der Waals surface area contributed by atoms with E-state index in [9.17, 15) is 13.2 Å². The van der Waals surface area contributed by atoms with E-state index in [1.54, 1.807) is 6.07 Å². The lowest BCUT2D eigenvalue weighted by molar-refractivity contribution is -0.137. The van der Waals surface area contributed by atoms with Crippen LogP contribution in [0.1, 0.15) is 22.3 Å². The Balaban J connectivity index is 2.41. The first-order chi connectivity index (χ1) is 10.9. The van der Waals surface area contributed by atoms with Gasteiger partial charge in [-0.2, -0.15) is 29.0 Å². The van der Waals surface area contributed by atoms with Gasteiger partial charge in [-0.25, -0.2) is 0 Å². The first-order valence-electron chi connectivity index (χ1n) is 6.12. The summed E-state index contributed by atoms with van der Waals surface area (Å²) in [6.45, 7) is 0. The van der Waals surface area contributed by atoms with Crippen LogP contribution in [-0.2, 0) is 6.18 Å². The van der Waals surface area contributed by atoms with Gasteiger partial charge in [0.15, 0.2) is 0 Å². The van der Waals surface area contributed by atoms with E-state index in [-0.39, 0.29) is 22.6 Å². The topological polar surface area (TPSA) is 80.6 Å². The highest BCUT2D eigenvalue weighted by atomic mass is 19.4. The van der Waals surface area contributed by atoms with Crippen LogP contribution >= 0.6 is 0 Å². The predicted molar refractivity (Wildman–Crippen MR) is 72.1 cm³/mol. The molecule has 0 atom stereocenters. The SMILES string of the molecule is N#Cc1ccc(Oc2ccc(C#N)c(C(F)(F)F)c2)cc1C#N.